The van der Waals surface area contributed by atoms with Gasteiger partial charge in [0.1, 0.15) is 6.04 Å². The molecular weight excluding hydrogens is 362 g/mol. The fourth-order valence-electron chi connectivity index (χ4n) is 4.45. The van der Waals surface area contributed by atoms with Gasteiger partial charge in [-0.15, -0.1) is 0 Å². The number of fused-ring (bicyclic) bond motifs is 1. The maximum atomic E-state index is 13.3. The number of aromatic amines is 1. The Bertz CT molecular complexity index is 1020. The van der Waals surface area contributed by atoms with Gasteiger partial charge in [-0.05, 0) is 32.0 Å². The van der Waals surface area contributed by atoms with Crippen molar-refractivity contribution < 1.29 is 14.5 Å². The van der Waals surface area contributed by atoms with E-state index in [9.17, 15) is 9.59 Å². The molecule has 150 valence electrons. The standard InChI is InChI=1S/C24H27N3O2/c1-16-22(20-10-6-7-11-21(20)25-16)23(28)17(2)27-14-12-18(13-15-27)24(29)26-19-8-4-3-5-9-19/h3-11,17-18,25H,12-15H2,1-2H3,(H,26,29)/p+1/t17-/m0/s1. The van der Waals surface area contributed by atoms with E-state index in [2.05, 4.69) is 10.3 Å². The number of aromatic nitrogens is 1. The minimum absolute atomic E-state index is 0.0103. The van der Waals surface area contributed by atoms with Crippen molar-refractivity contribution in [1.82, 2.24) is 4.98 Å². The van der Waals surface area contributed by atoms with Crippen LogP contribution in [0.2, 0.25) is 0 Å². The number of carbonyl (C=O) groups is 2. The van der Waals surface area contributed by atoms with Gasteiger partial charge >= 0.3 is 0 Å². The Labute approximate surface area is 171 Å². The zero-order valence-electron chi connectivity index (χ0n) is 17.0. The first-order chi connectivity index (χ1) is 14.0. The fourth-order valence-corrected chi connectivity index (χ4v) is 4.45. The SMILES string of the molecule is Cc1[nH]c2ccccc2c1C(=O)[C@H](C)[NH+]1CCC(C(=O)Nc2ccccc2)CC1. The number of hydrogen-bond acceptors (Lipinski definition) is 2. The molecule has 5 heteroatoms. The van der Waals surface area contributed by atoms with Gasteiger partial charge in [0.05, 0.1) is 18.7 Å². The molecule has 0 spiro atoms. The highest BCUT2D eigenvalue weighted by atomic mass is 16.2. The third-order valence-corrected chi connectivity index (χ3v) is 6.19. The number of nitrogens with one attached hydrogen (secondary N) is 3. The Morgan fingerprint density at radius 2 is 1.69 bits per heavy atom. The first kappa shape index (κ1) is 19.4. The monoisotopic (exact) mass is 390 g/mol. The predicted molar refractivity (Wildman–Crippen MR) is 115 cm³/mol. The lowest BCUT2D eigenvalue weighted by atomic mass is 9.93. The van der Waals surface area contributed by atoms with Gasteiger partial charge in [0.2, 0.25) is 11.7 Å². The zero-order chi connectivity index (χ0) is 20.4. The molecule has 0 aliphatic carbocycles. The molecule has 1 aliphatic heterocycles. The Morgan fingerprint density at radius 1 is 1.03 bits per heavy atom. The largest absolute Gasteiger partial charge is 0.358 e. The number of carbonyl (C=O) groups excluding carboxylic acids is 2. The number of benzene rings is 2. The molecule has 4 rings (SSSR count). The topological polar surface area (TPSA) is 66.4 Å². The molecule has 2 aromatic carbocycles. The van der Waals surface area contributed by atoms with E-state index in [0.29, 0.717) is 0 Å². The molecule has 3 aromatic rings. The van der Waals surface area contributed by atoms with Crippen molar-refractivity contribution >= 4 is 28.3 Å². The summed E-state index contributed by atoms with van der Waals surface area (Å²) < 4.78 is 0. The Hall–Kier alpha value is -2.92. The predicted octanol–water partition coefficient (Wildman–Crippen LogP) is 2.98. The van der Waals surface area contributed by atoms with E-state index in [1.54, 1.807) is 0 Å². The van der Waals surface area contributed by atoms with Crippen LogP contribution in [0.3, 0.4) is 0 Å². The Morgan fingerprint density at radius 3 is 2.41 bits per heavy atom. The summed E-state index contributed by atoms with van der Waals surface area (Å²) in [4.78, 5) is 30.4. The maximum absolute atomic E-state index is 13.3. The molecule has 0 unspecified atom stereocenters. The van der Waals surface area contributed by atoms with Gasteiger partial charge in [-0.2, -0.15) is 0 Å². The number of Topliss-reactive ketones (excluding diaryl/α,β-unsaturated/α-hetero) is 1. The van der Waals surface area contributed by atoms with Gasteiger partial charge < -0.3 is 15.2 Å². The van der Waals surface area contributed by atoms with E-state index in [1.165, 1.54) is 4.90 Å². The van der Waals surface area contributed by atoms with Gasteiger partial charge in [-0.3, -0.25) is 9.59 Å². The summed E-state index contributed by atoms with van der Waals surface area (Å²) >= 11 is 0. The lowest BCUT2D eigenvalue weighted by Gasteiger charge is -2.32. The number of aryl methyl sites for hydroxylation is 1. The van der Waals surface area contributed by atoms with Crippen LogP contribution in [0.1, 0.15) is 35.8 Å². The number of ketones is 1. The zero-order valence-corrected chi connectivity index (χ0v) is 17.0. The molecule has 1 fully saturated rings. The molecule has 5 nitrogen and oxygen atoms in total. The van der Waals surface area contributed by atoms with Gasteiger partial charge in [0.15, 0.2) is 0 Å². The molecule has 0 saturated carbocycles. The molecule has 29 heavy (non-hydrogen) atoms. The van der Waals surface area contributed by atoms with Crippen LogP contribution < -0.4 is 10.2 Å². The second-order valence-corrected chi connectivity index (χ2v) is 8.04. The highest BCUT2D eigenvalue weighted by Gasteiger charge is 2.34. The van der Waals surface area contributed by atoms with Crippen LogP contribution in [0.25, 0.3) is 10.9 Å². The van der Waals surface area contributed by atoms with E-state index in [4.69, 9.17) is 0 Å². The van der Waals surface area contributed by atoms with E-state index in [-0.39, 0.29) is 23.7 Å². The molecule has 1 saturated heterocycles. The molecule has 0 bridgehead atoms. The molecule has 1 aromatic heterocycles. The lowest BCUT2D eigenvalue weighted by Crippen LogP contribution is -3.17. The van der Waals surface area contributed by atoms with Crippen LogP contribution in [-0.2, 0) is 4.79 Å². The van der Waals surface area contributed by atoms with Crippen molar-refractivity contribution in [2.75, 3.05) is 18.4 Å². The average Bonchev–Trinajstić information content (AvgIpc) is 3.09. The Kier molecular flexibility index (Phi) is 5.49. The van der Waals surface area contributed by atoms with E-state index < -0.39 is 0 Å². The number of likely N-dealkylation sites (tertiary alicyclic amines) is 1. The molecular formula is C24H28N3O2+. The highest BCUT2D eigenvalue weighted by molar-refractivity contribution is 6.10. The number of para-hydroxylation sites is 2. The van der Waals surface area contributed by atoms with E-state index >= 15 is 0 Å². The maximum Gasteiger partial charge on any atom is 0.227 e. The third-order valence-electron chi connectivity index (χ3n) is 6.19. The van der Waals surface area contributed by atoms with Crippen molar-refractivity contribution in [3.63, 3.8) is 0 Å². The van der Waals surface area contributed by atoms with Crippen molar-refractivity contribution in [2.24, 2.45) is 5.92 Å². The number of H-pyrrole nitrogens is 1. The number of piperidine rings is 1. The first-order valence-electron chi connectivity index (χ1n) is 10.4. The molecule has 3 N–H and O–H groups in total. The molecule has 1 atom stereocenters. The Balaban J connectivity index is 1.39. The van der Waals surface area contributed by atoms with Crippen molar-refractivity contribution in [1.29, 1.82) is 0 Å². The lowest BCUT2D eigenvalue weighted by molar-refractivity contribution is -0.919. The second kappa shape index (κ2) is 8.21. The van der Waals surface area contributed by atoms with Crippen LogP contribution in [0.5, 0.6) is 0 Å². The quantitative estimate of drug-likeness (QED) is 0.587. The molecule has 0 radical (unpaired) electrons. The summed E-state index contributed by atoms with van der Waals surface area (Å²) in [5, 5.41) is 4.01. The molecule has 1 aliphatic rings. The van der Waals surface area contributed by atoms with Crippen LogP contribution >= 0.6 is 0 Å². The van der Waals surface area contributed by atoms with Crippen molar-refractivity contribution in [3.05, 3.63) is 65.9 Å². The van der Waals surface area contributed by atoms with Crippen LogP contribution in [0.15, 0.2) is 54.6 Å². The molecule has 1 amide bonds. The number of anilines is 1. The van der Waals surface area contributed by atoms with Crippen LogP contribution in [0.4, 0.5) is 5.69 Å². The second-order valence-electron chi connectivity index (χ2n) is 8.04. The van der Waals surface area contributed by atoms with E-state index in [1.807, 2.05) is 68.4 Å². The minimum atomic E-state index is -0.119. The third kappa shape index (κ3) is 3.96. The average molecular weight is 391 g/mol. The highest BCUT2D eigenvalue weighted by Crippen LogP contribution is 2.23. The van der Waals surface area contributed by atoms with Gasteiger partial charge in [0, 0.05) is 41.0 Å². The molecule has 2 heterocycles. The summed E-state index contributed by atoms with van der Waals surface area (Å²) in [7, 11) is 0. The van der Waals surface area contributed by atoms with Crippen LogP contribution in [-0.4, -0.2) is 35.8 Å². The summed E-state index contributed by atoms with van der Waals surface area (Å²) in [6.45, 7) is 5.65. The summed E-state index contributed by atoms with van der Waals surface area (Å²) in [5.41, 5.74) is 3.58. The van der Waals surface area contributed by atoms with Crippen LogP contribution in [0, 0.1) is 12.8 Å². The number of rotatable bonds is 5. The van der Waals surface area contributed by atoms with Gasteiger partial charge in [-0.1, -0.05) is 36.4 Å². The number of quaternary nitrogens is 1. The van der Waals surface area contributed by atoms with Crippen molar-refractivity contribution in [3.8, 4) is 0 Å². The number of amides is 1. The summed E-state index contributed by atoms with van der Waals surface area (Å²) in [5.74, 6) is 0.278. The van der Waals surface area contributed by atoms with E-state index in [0.717, 1.165) is 53.8 Å². The fraction of sp³-hybridized carbons (Fsp3) is 0.333. The summed E-state index contributed by atoms with van der Waals surface area (Å²) in [6, 6.07) is 17.4. The smallest absolute Gasteiger partial charge is 0.227 e. The van der Waals surface area contributed by atoms with Gasteiger partial charge in [-0.25, -0.2) is 0 Å². The normalized spacial score (nSPS) is 20.3. The minimum Gasteiger partial charge on any atom is -0.358 e. The van der Waals surface area contributed by atoms with Gasteiger partial charge in [0.25, 0.3) is 0 Å². The number of hydrogen-bond donors (Lipinski definition) is 3. The summed E-state index contributed by atoms with van der Waals surface area (Å²) in [6.07, 6.45) is 1.61. The first-order valence-corrected chi connectivity index (χ1v) is 10.4. The van der Waals surface area contributed by atoms with Crippen molar-refractivity contribution in [2.45, 2.75) is 32.7 Å².